The monoisotopic (exact) mass is 1290 g/mol. The van der Waals surface area contributed by atoms with Crippen molar-refractivity contribution in [2.45, 2.75) is 0 Å². The van der Waals surface area contributed by atoms with Crippen LogP contribution in [0.15, 0.2) is 413 Å². The van der Waals surface area contributed by atoms with Crippen LogP contribution < -0.4 is 62.2 Å². The predicted molar refractivity (Wildman–Crippen MR) is 402 cm³/mol. The Bertz CT molecular complexity index is 3500. The van der Waals surface area contributed by atoms with E-state index in [0.717, 1.165) is 73.4 Å². The van der Waals surface area contributed by atoms with Crippen molar-refractivity contribution in [3.05, 3.63) is 424 Å². The number of benzene rings is 12. The Balaban J connectivity index is 0.000000129. The largest absolute Gasteiger partial charge is 0.421 e. The number of hydrogen-bond donors (Lipinski definition) is 4. The molecule has 0 amide bonds. The Kier molecular flexibility index (Phi) is 23.7. The van der Waals surface area contributed by atoms with E-state index in [-0.39, 0.29) is 0 Å². The quantitative estimate of drug-likeness (QED) is 0.0640. The molecule has 0 saturated heterocycles. The summed E-state index contributed by atoms with van der Waals surface area (Å²) in [5.74, 6) is 0. The molecule has 2 aromatic heterocycles. The van der Waals surface area contributed by atoms with Gasteiger partial charge in [-0.3, -0.25) is 9.97 Å². The summed E-state index contributed by atoms with van der Waals surface area (Å²) in [5, 5.41) is 12.1. The Labute approximate surface area is 557 Å². The van der Waals surface area contributed by atoms with E-state index in [1.165, 1.54) is 0 Å². The molecule has 0 spiro atoms. The van der Waals surface area contributed by atoms with Gasteiger partial charge >= 0.3 is 0 Å². The van der Waals surface area contributed by atoms with E-state index in [1.54, 1.807) is 24.8 Å². The van der Waals surface area contributed by atoms with Crippen molar-refractivity contribution in [3.63, 3.8) is 0 Å². The van der Waals surface area contributed by atoms with Gasteiger partial charge in [0, 0.05) is 24.8 Å². The van der Waals surface area contributed by atoms with Crippen LogP contribution in [0.4, 0.5) is 0 Å². The van der Waals surface area contributed by atoms with Crippen molar-refractivity contribution in [3.8, 4) is 0 Å². The zero-order valence-electron chi connectivity index (χ0n) is 52.1. The Morgan fingerprint density at radius 3 is 0.372 bits per heavy atom. The van der Waals surface area contributed by atoms with Crippen LogP contribution in [-0.4, -0.2) is 62.4 Å². The molecule has 10 heteroatoms. The Morgan fingerprint density at radius 1 is 0.160 bits per heavy atom. The summed E-state index contributed by atoms with van der Waals surface area (Å²) in [7, 11) is -11.5. The minimum absolute atomic E-state index is 1.01. The maximum atomic E-state index is 11.6. The summed E-state index contributed by atoms with van der Waals surface area (Å²) in [6, 6.07) is 128. The van der Waals surface area contributed by atoms with E-state index in [4.69, 9.17) is 0 Å². The zero-order chi connectivity index (χ0) is 65.0. The van der Waals surface area contributed by atoms with Gasteiger partial charge < -0.3 is 19.2 Å². The van der Waals surface area contributed by atoms with E-state index in [2.05, 4.69) is 22.1 Å². The lowest BCUT2D eigenvalue weighted by Gasteiger charge is -2.26. The number of pyridine rings is 2. The molecular weight excluding hydrogens is 1210 g/mol. The maximum Gasteiger partial charge on any atom is 0.285 e. The number of nitrogens with zero attached hydrogens (tertiary/aromatic N) is 2. The number of hydrogen-bond acceptors (Lipinski definition) is 6. The first-order valence-electron chi connectivity index (χ1n) is 31.3. The van der Waals surface area contributed by atoms with Crippen molar-refractivity contribution in [2.75, 3.05) is 0 Å². The molecule has 0 unspecified atom stereocenters. The lowest BCUT2D eigenvalue weighted by molar-refractivity contribution is 0.582. The number of rotatable bonds is 14. The predicted octanol–water partition coefficient (Wildman–Crippen LogP) is 9.23. The van der Waals surface area contributed by atoms with E-state index in [9.17, 15) is 19.2 Å². The molecule has 460 valence electrons. The molecule has 14 aromatic rings. The summed E-state index contributed by atoms with van der Waals surface area (Å²) in [5.41, 5.74) is 2.30. The topological polar surface area (TPSA) is 107 Å². The smallest absolute Gasteiger partial charge is 0.285 e. The molecule has 0 aliphatic carbocycles. The van der Waals surface area contributed by atoms with Gasteiger partial charge in [-0.1, -0.05) is 376 Å². The van der Waals surface area contributed by atoms with Gasteiger partial charge in [-0.15, -0.1) is 0 Å². The fraction of sp³-hybridized carbons (Fsp3) is 0. The SMILES string of the molecule is C(=C\c1ccncc1)/c1ccncc1.O[Si](c1ccccc1)(c1ccccc1)c1ccccc1.O[Si](c1ccccc1)(c1ccccc1)c1ccccc1.O[Si](c1ccccc1)(c1ccccc1)c1ccccc1.O[Si](c1ccccc1)(c1ccccc1)c1ccccc1. The zero-order valence-corrected chi connectivity index (χ0v) is 56.1. The van der Waals surface area contributed by atoms with Gasteiger partial charge in [0.1, 0.15) is 0 Å². The maximum absolute atomic E-state index is 11.6. The second-order valence-electron chi connectivity index (χ2n) is 22.1. The highest BCUT2D eigenvalue weighted by Gasteiger charge is 2.41. The first-order valence-corrected chi connectivity index (χ1v) is 39.0. The standard InChI is InChI=1S/4C18H16OSi.C12H10N2/c4*19-20(16-10-4-1-5-11-16,17-12-6-2-7-13-17)18-14-8-3-9-15-18;1(11-3-7-13-8-4-11)2-12-5-9-14-10-6-12/h4*1-15,19H;1-10H/b;;;;2-1+. The van der Waals surface area contributed by atoms with Crippen LogP contribution in [0.2, 0.25) is 0 Å². The molecule has 12 aromatic carbocycles. The molecule has 0 atom stereocenters. The van der Waals surface area contributed by atoms with E-state index in [0.29, 0.717) is 0 Å². The molecular formula is C84H74N2O4Si4. The van der Waals surface area contributed by atoms with Gasteiger partial charge in [0.2, 0.25) is 0 Å². The molecule has 4 N–H and O–H groups in total. The minimum Gasteiger partial charge on any atom is -0.421 e. The number of aromatic nitrogens is 2. The third kappa shape index (κ3) is 16.5. The van der Waals surface area contributed by atoms with Crippen molar-refractivity contribution in [1.29, 1.82) is 0 Å². The van der Waals surface area contributed by atoms with Crippen molar-refractivity contribution in [1.82, 2.24) is 9.97 Å². The molecule has 0 bridgehead atoms. The second-order valence-corrected chi connectivity index (χ2v) is 34.7. The summed E-state index contributed by atoms with van der Waals surface area (Å²) in [6.45, 7) is 0. The van der Waals surface area contributed by atoms with E-state index in [1.807, 2.05) is 388 Å². The molecule has 0 aliphatic heterocycles. The van der Waals surface area contributed by atoms with Crippen LogP contribution in [0.5, 0.6) is 0 Å². The van der Waals surface area contributed by atoms with Crippen LogP contribution in [0.25, 0.3) is 12.2 Å². The normalized spacial score (nSPS) is 11.1. The third-order valence-electron chi connectivity index (χ3n) is 16.2. The third-order valence-corrected chi connectivity index (χ3v) is 30.2. The van der Waals surface area contributed by atoms with Crippen molar-refractivity contribution < 1.29 is 19.2 Å². The molecule has 0 aliphatic rings. The molecule has 0 fully saturated rings. The van der Waals surface area contributed by atoms with E-state index >= 15 is 0 Å². The molecule has 2 heterocycles. The summed E-state index contributed by atoms with van der Waals surface area (Å²) in [6.07, 6.45) is 11.2. The lowest BCUT2D eigenvalue weighted by Crippen LogP contribution is -2.67. The minimum atomic E-state index is -2.88. The van der Waals surface area contributed by atoms with Crippen LogP contribution in [0, 0.1) is 0 Å². The van der Waals surface area contributed by atoms with Crippen LogP contribution in [-0.2, 0) is 0 Å². The highest BCUT2D eigenvalue weighted by atomic mass is 28.4. The molecule has 0 radical (unpaired) electrons. The second kappa shape index (κ2) is 33.6. The first kappa shape index (κ1) is 66.3. The van der Waals surface area contributed by atoms with Crippen molar-refractivity contribution in [2.24, 2.45) is 0 Å². The highest BCUT2D eigenvalue weighted by Crippen LogP contribution is 2.10. The summed E-state index contributed by atoms with van der Waals surface area (Å²) >= 11 is 0. The van der Waals surface area contributed by atoms with Gasteiger partial charge in [0.05, 0.1) is 0 Å². The lowest BCUT2D eigenvalue weighted by atomic mass is 10.2. The average Bonchev–Trinajstić information content (AvgIpc) is 0.915. The van der Waals surface area contributed by atoms with Crippen molar-refractivity contribution >= 4 is 108 Å². The van der Waals surface area contributed by atoms with Gasteiger partial charge in [0.25, 0.3) is 33.3 Å². The Morgan fingerprint density at radius 2 is 0.266 bits per heavy atom. The van der Waals surface area contributed by atoms with Gasteiger partial charge in [-0.05, 0) is 97.6 Å². The Hall–Kier alpha value is -10.6. The molecule has 6 nitrogen and oxygen atoms in total. The molecule has 94 heavy (non-hydrogen) atoms. The molecule has 0 saturated carbocycles. The van der Waals surface area contributed by atoms with Crippen LogP contribution in [0.1, 0.15) is 11.1 Å². The first-order chi connectivity index (χ1) is 46.2. The van der Waals surface area contributed by atoms with Gasteiger partial charge in [-0.2, -0.15) is 0 Å². The summed E-state index contributed by atoms with van der Waals surface area (Å²) in [4.78, 5) is 54.2. The van der Waals surface area contributed by atoms with Crippen LogP contribution >= 0.6 is 0 Å². The van der Waals surface area contributed by atoms with Gasteiger partial charge in [-0.25, -0.2) is 0 Å². The fourth-order valence-corrected chi connectivity index (χ4v) is 23.4. The van der Waals surface area contributed by atoms with Crippen LogP contribution in [0.3, 0.4) is 0 Å². The molecule has 14 rings (SSSR count). The highest BCUT2D eigenvalue weighted by molar-refractivity contribution is 7.08. The summed E-state index contributed by atoms with van der Waals surface area (Å²) < 4.78 is 0. The fourth-order valence-electron chi connectivity index (χ4n) is 11.3. The van der Waals surface area contributed by atoms with E-state index < -0.39 is 33.3 Å². The average molecular weight is 1290 g/mol. The van der Waals surface area contributed by atoms with Gasteiger partial charge in [0.15, 0.2) is 0 Å².